The number of benzene rings is 2. The molecule has 2 rings (SSSR count). The van der Waals surface area contributed by atoms with Gasteiger partial charge in [0, 0.05) is 24.4 Å². The first-order valence-corrected chi connectivity index (χ1v) is 11.5. The molecule has 0 fully saturated rings. The number of hydrogen-bond donors (Lipinski definition) is 0. The quantitative estimate of drug-likeness (QED) is 0.125. The van der Waals surface area contributed by atoms with Gasteiger partial charge in [-0.2, -0.15) is 5.11 Å². The van der Waals surface area contributed by atoms with Crippen LogP contribution in [0.1, 0.15) is 6.92 Å². The molecule has 0 N–H and O–H groups in total. The highest BCUT2D eigenvalue weighted by molar-refractivity contribution is 7.80. The van der Waals surface area contributed by atoms with Crippen molar-refractivity contribution in [3.63, 3.8) is 0 Å². The number of quaternary nitrogens is 1. The van der Waals surface area contributed by atoms with Gasteiger partial charge in [0.15, 0.2) is 0 Å². The predicted octanol–water partition coefficient (Wildman–Crippen LogP) is 4.29. The van der Waals surface area contributed by atoms with E-state index in [1.54, 1.807) is 0 Å². The second-order valence-electron chi connectivity index (χ2n) is 7.78. The first-order chi connectivity index (χ1) is 15.3. The van der Waals surface area contributed by atoms with Crippen LogP contribution in [0.2, 0.25) is 5.02 Å². The Morgan fingerprint density at radius 2 is 1.70 bits per heavy atom. The zero-order valence-corrected chi connectivity index (χ0v) is 20.7. The second-order valence-corrected chi connectivity index (χ2v) is 9.33. The first kappa shape index (κ1) is 28.4. The van der Waals surface area contributed by atoms with E-state index in [9.17, 15) is 23.1 Å². The Morgan fingerprint density at radius 3 is 2.12 bits per heavy atom. The normalized spacial score (nSPS) is 11.7. The molecule has 0 radical (unpaired) electrons. The van der Waals surface area contributed by atoms with E-state index in [1.165, 1.54) is 18.2 Å². The van der Waals surface area contributed by atoms with Crippen molar-refractivity contribution in [2.45, 2.75) is 6.92 Å². The average molecular weight is 502 g/mol. The average Bonchev–Trinajstić information content (AvgIpc) is 2.73. The van der Waals surface area contributed by atoms with Gasteiger partial charge in [0.1, 0.15) is 5.69 Å². The highest BCUT2D eigenvalue weighted by atomic mass is 35.5. The molecule has 0 atom stereocenters. The molecule has 0 aliphatic carbocycles. The molecule has 0 aromatic heterocycles. The summed E-state index contributed by atoms with van der Waals surface area (Å²) in [6.07, 6.45) is 0. The van der Waals surface area contributed by atoms with Crippen molar-refractivity contribution in [1.82, 2.24) is 0 Å². The van der Waals surface area contributed by atoms with Crippen LogP contribution in [-0.4, -0.2) is 70.3 Å². The molecule has 0 heterocycles. The molecule has 0 amide bonds. The maximum atomic E-state index is 10.7. The fraction of sp³-hybridized carbons (Fsp3) is 0.400. The Labute approximate surface area is 198 Å². The van der Waals surface area contributed by atoms with Crippen LogP contribution < -0.4 is 4.90 Å². The van der Waals surface area contributed by atoms with E-state index in [1.807, 2.05) is 24.3 Å². The molecular formula is C20H28ClN5O6S. The molecule has 0 bridgehead atoms. The van der Waals surface area contributed by atoms with Gasteiger partial charge in [-0.1, -0.05) is 11.6 Å². The third kappa shape index (κ3) is 11.2. The van der Waals surface area contributed by atoms with Crippen LogP contribution in [-0.2, 0) is 14.6 Å². The van der Waals surface area contributed by atoms with Gasteiger partial charge in [0.05, 0.1) is 57.0 Å². The lowest BCUT2D eigenvalue weighted by Crippen LogP contribution is -2.42. The third-order valence-corrected chi connectivity index (χ3v) is 4.97. The van der Waals surface area contributed by atoms with Gasteiger partial charge in [-0.05, 0) is 37.3 Å². The summed E-state index contributed by atoms with van der Waals surface area (Å²) in [5.41, 5.74) is 2.15. The zero-order valence-electron chi connectivity index (χ0n) is 19.1. The van der Waals surface area contributed by atoms with Crippen molar-refractivity contribution < 1.29 is 26.6 Å². The first-order valence-electron chi connectivity index (χ1n) is 9.78. The molecule has 0 saturated carbocycles. The standard InChI is InChI=1S/C19H25ClN5O2.CH4O4S/c1-5-23(12-13-25(2,3)4)16-8-6-15(7-9-16)21-22-19-11-10-17(24(26)27)14-18(19)20;1-5-6(2,3)4/h6-11,14H,5,12-13H2,1-4H3;1H3,(H,2,3,4)/q+1;/p-1. The molecule has 0 unspecified atom stereocenters. The number of nitro groups is 1. The van der Waals surface area contributed by atoms with Crippen LogP contribution in [0.15, 0.2) is 52.7 Å². The van der Waals surface area contributed by atoms with Gasteiger partial charge in [-0.3, -0.25) is 14.3 Å². The maximum Gasteiger partial charge on any atom is 0.271 e. The van der Waals surface area contributed by atoms with Crippen LogP contribution in [0.4, 0.5) is 22.7 Å². The Bertz CT molecular complexity index is 1060. The minimum absolute atomic E-state index is 0.0724. The van der Waals surface area contributed by atoms with Crippen molar-refractivity contribution in [1.29, 1.82) is 0 Å². The van der Waals surface area contributed by atoms with Gasteiger partial charge < -0.3 is 13.9 Å². The van der Waals surface area contributed by atoms with Crippen LogP contribution in [0.25, 0.3) is 0 Å². The number of anilines is 1. The second kappa shape index (κ2) is 12.6. The molecule has 13 heteroatoms. The van der Waals surface area contributed by atoms with E-state index in [2.05, 4.69) is 47.4 Å². The number of azo groups is 1. The van der Waals surface area contributed by atoms with E-state index in [0.717, 1.165) is 36.9 Å². The summed E-state index contributed by atoms with van der Waals surface area (Å²) in [5, 5.41) is 19.2. The molecule has 0 aliphatic rings. The third-order valence-electron chi connectivity index (χ3n) is 4.26. The Morgan fingerprint density at radius 1 is 1.12 bits per heavy atom. The number of likely N-dealkylation sites (N-methyl/N-ethyl adjacent to an activating group) is 2. The number of halogens is 1. The fourth-order valence-corrected chi connectivity index (χ4v) is 2.64. The summed E-state index contributed by atoms with van der Waals surface area (Å²) in [6.45, 7) is 5.09. The summed E-state index contributed by atoms with van der Waals surface area (Å²) in [7, 11) is 2.94. The topological polar surface area (TPSA) is 138 Å². The highest BCUT2D eigenvalue weighted by Crippen LogP contribution is 2.30. The monoisotopic (exact) mass is 501 g/mol. The van der Waals surface area contributed by atoms with E-state index < -0.39 is 15.3 Å². The van der Waals surface area contributed by atoms with Crippen molar-refractivity contribution in [2.24, 2.45) is 10.2 Å². The zero-order chi connectivity index (χ0) is 25.2. The predicted molar refractivity (Wildman–Crippen MR) is 126 cm³/mol. The molecule has 0 saturated heterocycles. The molecule has 182 valence electrons. The number of rotatable bonds is 9. The van der Waals surface area contributed by atoms with Gasteiger partial charge >= 0.3 is 0 Å². The molecule has 33 heavy (non-hydrogen) atoms. The summed E-state index contributed by atoms with van der Waals surface area (Å²) in [4.78, 5) is 12.6. The molecule has 2 aromatic rings. The lowest BCUT2D eigenvalue weighted by Gasteiger charge is -2.29. The largest absolute Gasteiger partial charge is 0.726 e. The van der Waals surface area contributed by atoms with E-state index in [4.69, 9.17) is 11.6 Å². The van der Waals surface area contributed by atoms with Gasteiger partial charge in [0.2, 0.25) is 10.4 Å². The lowest BCUT2D eigenvalue weighted by atomic mass is 10.2. The molecule has 11 nitrogen and oxygen atoms in total. The summed E-state index contributed by atoms with van der Waals surface area (Å²) >= 11 is 6.03. The summed E-state index contributed by atoms with van der Waals surface area (Å²) in [6, 6.07) is 11.9. The van der Waals surface area contributed by atoms with Crippen LogP contribution in [0, 0.1) is 10.1 Å². The van der Waals surface area contributed by atoms with E-state index >= 15 is 0 Å². The van der Waals surface area contributed by atoms with Crippen LogP contribution >= 0.6 is 11.6 Å². The molecule has 0 spiro atoms. The Kier molecular flexibility index (Phi) is 10.8. The van der Waals surface area contributed by atoms with E-state index in [-0.39, 0.29) is 10.7 Å². The summed E-state index contributed by atoms with van der Waals surface area (Å²) in [5.74, 6) is 0. The number of nitro benzene ring substituents is 1. The van der Waals surface area contributed by atoms with Crippen LogP contribution in [0.3, 0.4) is 0 Å². The Balaban J connectivity index is 0.000000801. The van der Waals surface area contributed by atoms with Crippen molar-refractivity contribution in [3.05, 3.63) is 57.6 Å². The molecule has 0 aliphatic heterocycles. The van der Waals surface area contributed by atoms with Gasteiger partial charge in [-0.15, -0.1) is 5.11 Å². The molecular weight excluding hydrogens is 474 g/mol. The minimum atomic E-state index is -4.41. The van der Waals surface area contributed by atoms with E-state index in [0.29, 0.717) is 11.4 Å². The fourth-order valence-electron chi connectivity index (χ4n) is 2.42. The maximum absolute atomic E-state index is 10.7. The summed E-state index contributed by atoms with van der Waals surface area (Å²) < 4.78 is 31.9. The van der Waals surface area contributed by atoms with Gasteiger partial charge in [-0.25, -0.2) is 8.42 Å². The van der Waals surface area contributed by atoms with Crippen molar-refractivity contribution in [2.75, 3.05) is 52.8 Å². The number of hydrogen-bond acceptors (Lipinski definition) is 9. The smallest absolute Gasteiger partial charge is 0.271 e. The van der Waals surface area contributed by atoms with Crippen LogP contribution in [0.5, 0.6) is 0 Å². The number of nitrogens with zero attached hydrogens (tertiary/aromatic N) is 5. The highest BCUT2D eigenvalue weighted by Gasteiger charge is 2.12. The minimum Gasteiger partial charge on any atom is -0.726 e. The van der Waals surface area contributed by atoms with Gasteiger partial charge in [0.25, 0.3) is 5.69 Å². The molecule has 2 aromatic carbocycles. The van der Waals surface area contributed by atoms with Crippen molar-refractivity contribution in [3.8, 4) is 0 Å². The lowest BCUT2D eigenvalue weighted by molar-refractivity contribution is -0.868. The van der Waals surface area contributed by atoms with Crippen molar-refractivity contribution >= 4 is 44.7 Å². The SMILES string of the molecule is CCN(CC[N+](C)(C)C)c1ccc(N=Nc2ccc([N+](=O)[O-])cc2Cl)cc1.COS(=O)(=O)[O-]. The Hall–Kier alpha value is -2.64. The number of non-ortho nitro benzene ring substituents is 1.